The molecule has 3 rings (SSSR count). The summed E-state index contributed by atoms with van der Waals surface area (Å²) in [5.74, 6) is -5.53. The van der Waals surface area contributed by atoms with E-state index in [1.165, 1.54) is 13.8 Å². The van der Waals surface area contributed by atoms with Crippen LogP contribution in [0.2, 0.25) is 0 Å². The molecular weight excluding hydrogens is 608 g/mol. The van der Waals surface area contributed by atoms with E-state index >= 15 is 0 Å². The van der Waals surface area contributed by atoms with E-state index in [0.717, 1.165) is 11.1 Å². The molecule has 3 aromatic rings. The standard InChI is InChI=1S/C39H46N2O7/c1-5-26(2)34(33(43)25-39(3,4)38(47)48)41-37(46)35(44)32(23-29-19-13-8-14-20-29)40-36(45)30(21-27-15-9-6-10-16-27)24-31(42)22-28-17-11-7-12-18-28/h6-20,26,30,32,34H,5,21-25H2,1-4H3,(H,40,45)(H,41,46)(H,47,48)/t26-,30+,32?,34-/m0/s1. The van der Waals surface area contributed by atoms with Gasteiger partial charge in [-0.3, -0.25) is 28.8 Å². The van der Waals surface area contributed by atoms with Gasteiger partial charge in [0.15, 0.2) is 5.78 Å². The number of amides is 2. The van der Waals surface area contributed by atoms with Crippen molar-refractivity contribution in [2.75, 3.05) is 0 Å². The molecular formula is C39H46N2O7. The average Bonchev–Trinajstić information content (AvgIpc) is 3.06. The van der Waals surface area contributed by atoms with E-state index < -0.39 is 52.8 Å². The number of hydrogen-bond acceptors (Lipinski definition) is 6. The second kappa shape index (κ2) is 17.8. The summed E-state index contributed by atoms with van der Waals surface area (Å²) >= 11 is 0. The molecule has 0 saturated carbocycles. The smallest absolute Gasteiger partial charge is 0.309 e. The number of aliphatic carboxylic acids is 1. The predicted molar refractivity (Wildman–Crippen MR) is 183 cm³/mol. The molecule has 0 bridgehead atoms. The molecule has 3 N–H and O–H groups in total. The van der Waals surface area contributed by atoms with Crippen LogP contribution in [0, 0.1) is 17.3 Å². The number of ketones is 3. The molecule has 0 radical (unpaired) electrons. The number of benzene rings is 3. The van der Waals surface area contributed by atoms with Crippen LogP contribution in [0.5, 0.6) is 0 Å². The average molecular weight is 655 g/mol. The molecule has 0 aliphatic carbocycles. The number of carboxylic acid groups (broad SMARTS) is 1. The van der Waals surface area contributed by atoms with Crippen LogP contribution in [-0.2, 0) is 48.0 Å². The van der Waals surface area contributed by atoms with Crippen molar-refractivity contribution in [1.29, 1.82) is 0 Å². The monoisotopic (exact) mass is 654 g/mol. The molecule has 9 nitrogen and oxygen atoms in total. The first-order valence-electron chi connectivity index (χ1n) is 16.3. The van der Waals surface area contributed by atoms with Crippen molar-refractivity contribution in [1.82, 2.24) is 10.6 Å². The summed E-state index contributed by atoms with van der Waals surface area (Å²) in [5, 5.41) is 14.9. The fourth-order valence-corrected chi connectivity index (χ4v) is 5.44. The Morgan fingerprint density at radius 3 is 1.73 bits per heavy atom. The first-order chi connectivity index (χ1) is 22.8. The molecule has 48 heavy (non-hydrogen) atoms. The van der Waals surface area contributed by atoms with Crippen LogP contribution >= 0.6 is 0 Å². The molecule has 0 spiro atoms. The van der Waals surface area contributed by atoms with Gasteiger partial charge < -0.3 is 15.7 Å². The Morgan fingerprint density at radius 1 is 0.729 bits per heavy atom. The third-order valence-electron chi connectivity index (χ3n) is 8.59. The molecule has 4 atom stereocenters. The molecule has 2 amide bonds. The van der Waals surface area contributed by atoms with E-state index in [4.69, 9.17) is 0 Å². The van der Waals surface area contributed by atoms with E-state index in [-0.39, 0.29) is 43.8 Å². The Bertz CT molecular complexity index is 1550. The van der Waals surface area contributed by atoms with E-state index in [0.29, 0.717) is 12.0 Å². The lowest BCUT2D eigenvalue weighted by atomic mass is 9.82. The third-order valence-corrected chi connectivity index (χ3v) is 8.59. The van der Waals surface area contributed by atoms with Gasteiger partial charge in [0.05, 0.1) is 11.5 Å². The molecule has 0 saturated heterocycles. The quantitative estimate of drug-likeness (QED) is 0.155. The first kappa shape index (κ1) is 37.5. The lowest BCUT2D eigenvalue weighted by Crippen LogP contribution is -2.54. The topological polar surface area (TPSA) is 147 Å². The fraction of sp³-hybridized carbons (Fsp3) is 0.385. The summed E-state index contributed by atoms with van der Waals surface area (Å²) < 4.78 is 0. The summed E-state index contributed by atoms with van der Waals surface area (Å²) in [6, 6.07) is 25.0. The Morgan fingerprint density at radius 2 is 1.23 bits per heavy atom. The summed E-state index contributed by atoms with van der Waals surface area (Å²) in [6.07, 6.45) is 0.475. The van der Waals surface area contributed by atoms with Crippen LogP contribution in [-0.4, -0.2) is 52.3 Å². The van der Waals surface area contributed by atoms with Crippen molar-refractivity contribution in [3.8, 4) is 0 Å². The van der Waals surface area contributed by atoms with Gasteiger partial charge in [-0.2, -0.15) is 0 Å². The number of carbonyl (C=O) groups is 6. The Labute approximate surface area is 282 Å². The van der Waals surface area contributed by atoms with Gasteiger partial charge in [-0.15, -0.1) is 0 Å². The number of carbonyl (C=O) groups excluding carboxylic acids is 5. The SMILES string of the molecule is CC[C@H](C)[C@H](NC(=O)C(=O)C(Cc1ccccc1)NC(=O)[C@@H](CC(=O)Cc1ccccc1)Cc1ccccc1)C(=O)CC(C)(C)C(=O)O. The highest BCUT2D eigenvalue weighted by molar-refractivity contribution is 6.39. The molecule has 9 heteroatoms. The van der Waals surface area contributed by atoms with Crippen molar-refractivity contribution < 1.29 is 33.9 Å². The van der Waals surface area contributed by atoms with Gasteiger partial charge in [-0.05, 0) is 42.9 Å². The molecule has 0 aliphatic rings. The van der Waals surface area contributed by atoms with Gasteiger partial charge >= 0.3 is 5.97 Å². The second-order valence-electron chi connectivity index (χ2n) is 13.1. The lowest BCUT2D eigenvalue weighted by Gasteiger charge is -2.27. The third kappa shape index (κ3) is 11.4. The summed E-state index contributed by atoms with van der Waals surface area (Å²) in [5.41, 5.74) is 0.995. The van der Waals surface area contributed by atoms with Crippen LogP contribution in [0.3, 0.4) is 0 Å². The van der Waals surface area contributed by atoms with Gasteiger partial charge in [-0.25, -0.2) is 0 Å². The van der Waals surface area contributed by atoms with E-state index in [1.807, 2.05) is 67.6 Å². The molecule has 0 fully saturated rings. The first-order valence-corrected chi connectivity index (χ1v) is 16.3. The van der Waals surface area contributed by atoms with Gasteiger partial charge in [-0.1, -0.05) is 111 Å². The Balaban J connectivity index is 1.86. The zero-order valence-corrected chi connectivity index (χ0v) is 28.1. The van der Waals surface area contributed by atoms with Gasteiger partial charge in [0.25, 0.3) is 5.91 Å². The van der Waals surface area contributed by atoms with Crippen LogP contribution < -0.4 is 10.6 Å². The number of rotatable bonds is 19. The van der Waals surface area contributed by atoms with E-state index in [9.17, 15) is 33.9 Å². The molecule has 1 unspecified atom stereocenters. The van der Waals surface area contributed by atoms with E-state index in [1.54, 1.807) is 37.3 Å². The minimum atomic E-state index is -1.37. The van der Waals surface area contributed by atoms with Crippen molar-refractivity contribution in [3.63, 3.8) is 0 Å². The van der Waals surface area contributed by atoms with Crippen molar-refractivity contribution in [2.45, 2.75) is 78.3 Å². The molecule has 254 valence electrons. The zero-order valence-electron chi connectivity index (χ0n) is 28.1. The molecule has 3 aromatic carbocycles. The van der Waals surface area contributed by atoms with Gasteiger partial charge in [0, 0.05) is 31.6 Å². The zero-order chi connectivity index (χ0) is 35.3. The number of carboxylic acids is 1. The maximum Gasteiger partial charge on any atom is 0.309 e. The largest absolute Gasteiger partial charge is 0.481 e. The Hall–Kier alpha value is -4.92. The number of Topliss-reactive ketones (excluding diaryl/α,β-unsaturated/α-hetero) is 3. The minimum Gasteiger partial charge on any atom is -0.481 e. The van der Waals surface area contributed by atoms with Crippen molar-refractivity contribution >= 4 is 35.1 Å². The molecule has 0 aromatic heterocycles. The highest BCUT2D eigenvalue weighted by atomic mass is 16.4. The van der Waals surface area contributed by atoms with Crippen molar-refractivity contribution in [3.05, 3.63) is 108 Å². The summed E-state index contributed by atoms with van der Waals surface area (Å²) in [6.45, 7) is 6.42. The highest BCUT2D eigenvalue weighted by Gasteiger charge is 2.37. The predicted octanol–water partition coefficient (Wildman–Crippen LogP) is 4.94. The van der Waals surface area contributed by atoms with Crippen LogP contribution in [0.15, 0.2) is 91.0 Å². The van der Waals surface area contributed by atoms with Gasteiger partial charge in [0.2, 0.25) is 11.7 Å². The minimum absolute atomic E-state index is 0.00282. The number of nitrogens with one attached hydrogen (secondary N) is 2. The van der Waals surface area contributed by atoms with Crippen LogP contribution in [0.25, 0.3) is 0 Å². The second-order valence-corrected chi connectivity index (χ2v) is 13.1. The fourth-order valence-electron chi connectivity index (χ4n) is 5.44. The lowest BCUT2D eigenvalue weighted by molar-refractivity contribution is -0.150. The van der Waals surface area contributed by atoms with Crippen LogP contribution in [0.4, 0.5) is 0 Å². The molecule has 0 heterocycles. The van der Waals surface area contributed by atoms with Crippen molar-refractivity contribution in [2.24, 2.45) is 17.3 Å². The maximum absolute atomic E-state index is 13.9. The maximum atomic E-state index is 13.9. The normalized spacial score (nSPS) is 13.8. The van der Waals surface area contributed by atoms with Gasteiger partial charge in [0.1, 0.15) is 11.8 Å². The summed E-state index contributed by atoms with van der Waals surface area (Å²) in [4.78, 5) is 79.3. The summed E-state index contributed by atoms with van der Waals surface area (Å²) in [7, 11) is 0. The highest BCUT2D eigenvalue weighted by Crippen LogP contribution is 2.24. The van der Waals surface area contributed by atoms with Crippen LogP contribution in [0.1, 0.15) is 63.6 Å². The van der Waals surface area contributed by atoms with E-state index in [2.05, 4.69) is 10.6 Å². The Kier molecular flexibility index (Phi) is 14.0. The number of hydrogen-bond donors (Lipinski definition) is 3. The molecule has 0 aliphatic heterocycles.